The van der Waals surface area contributed by atoms with Gasteiger partial charge in [0.05, 0.1) is 16.6 Å². The van der Waals surface area contributed by atoms with Crippen LogP contribution in [0.4, 0.5) is 32.0 Å². The van der Waals surface area contributed by atoms with Gasteiger partial charge in [0, 0.05) is 28.9 Å². The lowest BCUT2D eigenvalue weighted by molar-refractivity contribution is -0.349. The Kier molecular flexibility index (Phi) is 5.68. The number of aromatic hydroxyl groups is 1. The second kappa shape index (κ2) is 7.86. The molecule has 0 fully saturated rings. The molecule has 0 radical (unpaired) electrons. The van der Waals surface area contributed by atoms with Gasteiger partial charge in [0.25, 0.3) is 0 Å². The van der Waals surface area contributed by atoms with E-state index in [2.05, 4.69) is 15.3 Å². The normalized spacial score (nSPS) is 22.2. The molecule has 0 bridgehead atoms. The van der Waals surface area contributed by atoms with Crippen LogP contribution in [-0.2, 0) is 5.41 Å². The molecule has 4 rings (SSSR count). The van der Waals surface area contributed by atoms with Gasteiger partial charge in [-0.3, -0.25) is 0 Å². The summed E-state index contributed by atoms with van der Waals surface area (Å²) in [6.07, 6.45) is -5.98. The number of nitrogens with one attached hydrogen (secondary N) is 1. The van der Waals surface area contributed by atoms with E-state index in [0.717, 1.165) is 24.3 Å². The molecule has 35 heavy (non-hydrogen) atoms. The first kappa shape index (κ1) is 25.3. The lowest BCUT2D eigenvalue weighted by Gasteiger charge is -2.51. The Hall–Kier alpha value is -2.79. The summed E-state index contributed by atoms with van der Waals surface area (Å²) >= 11 is 6.00. The van der Waals surface area contributed by atoms with Crippen LogP contribution in [-0.4, -0.2) is 37.9 Å². The van der Waals surface area contributed by atoms with Gasteiger partial charge in [-0.25, -0.2) is 14.4 Å². The second-order valence-electron chi connectivity index (χ2n) is 9.30. The molecule has 12 heteroatoms. The quantitative estimate of drug-likeness (QED) is 0.359. The Morgan fingerprint density at radius 3 is 2.43 bits per heavy atom. The minimum atomic E-state index is -6.12. The van der Waals surface area contributed by atoms with E-state index in [1.807, 2.05) is 0 Å². The number of nitrogens with zero attached hydrogens (tertiary/aromatic N) is 2. The van der Waals surface area contributed by atoms with Crippen LogP contribution in [0.5, 0.6) is 5.75 Å². The predicted octanol–water partition coefficient (Wildman–Crippen LogP) is 6.20. The maximum Gasteiger partial charge on any atom is 0.456 e. The van der Waals surface area contributed by atoms with Crippen LogP contribution in [0, 0.1) is 12.7 Å². The highest BCUT2D eigenvalue weighted by atomic mass is 35.5. The monoisotopic (exact) mass is 519 g/mol. The number of anilines is 1. The van der Waals surface area contributed by atoms with Crippen LogP contribution in [0.15, 0.2) is 30.5 Å². The fourth-order valence-corrected chi connectivity index (χ4v) is 5.01. The van der Waals surface area contributed by atoms with E-state index in [0.29, 0.717) is 0 Å². The molecule has 0 spiro atoms. The summed E-state index contributed by atoms with van der Waals surface area (Å²) in [5.41, 5.74) is -5.72. The first-order valence-electron chi connectivity index (χ1n) is 10.4. The van der Waals surface area contributed by atoms with Crippen molar-refractivity contribution in [2.75, 3.05) is 5.32 Å². The highest BCUT2D eigenvalue weighted by Gasteiger charge is 2.74. The van der Waals surface area contributed by atoms with Crippen LogP contribution in [0.3, 0.4) is 0 Å². The third-order valence-corrected chi connectivity index (χ3v) is 6.63. The number of hydrogen-bond donors (Lipinski definition) is 3. The summed E-state index contributed by atoms with van der Waals surface area (Å²) < 4.78 is 85.3. The molecule has 1 aliphatic rings. The molecule has 1 heterocycles. The first-order chi connectivity index (χ1) is 16.0. The molecule has 0 unspecified atom stereocenters. The average Bonchev–Trinajstić information content (AvgIpc) is 2.71. The topological polar surface area (TPSA) is 78.3 Å². The predicted molar refractivity (Wildman–Crippen MR) is 117 cm³/mol. The highest BCUT2D eigenvalue weighted by Crippen LogP contribution is 2.60. The van der Waals surface area contributed by atoms with E-state index in [-0.39, 0.29) is 38.6 Å². The molecule has 3 N–H and O–H groups in total. The SMILES string of the molecule is Cc1ncc2c(N[C@@H]3c4ccc(Cl)c(O)c4C(C)(C)C[C@]3(O)C(F)(F)C(F)(F)F)cc(F)cc2n1. The Morgan fingerprint density at radius 1 is 1.14 bits per heavy atom. The van der Waals surface area contributed by atoms with Crippen molar-refractivity contribution in [2.45, 2.75) is 56.3 Å². The lowest BCUT2D eigenvalue weighted by atomic mass is 9.61. The van der Waals surface area contributed by atoms with Crippen molar-refractivity contribution < 1.29 is 36.6 Å². The molecule has 1 aliphatic carbocycles. The number of alkyl halides is 5. The highest BCUT2D eigenvalue weighted by molar-refractivity contribution is 6.32. The molecule has 1 aromatic heterocycles. The number of halogens is 7. The minimum Gasteiger partial charge on any atom is -0.506 e. The third kappa shape index (κ3) is 3.85. The van der Waals surface area contributed by atoms with E-state index in [1.54, 1.807) is 0 Å². The standard InChI is InChI=1S/C23H20ClF6N3O2/c1-10-31-8-13-15(32-10)6-11(25)7-16(13)33-19-12-4-5-14(24)18(34)17(12)20(2,3)9-21(19,35)22(26,27)23(28,29)30/h4-8,19,33-35H,9H2,1-3H3/t19-,21-/m1/s1. The van der Waals surface area contributed by atoms with Gasteiger partial charge >= 0.3 is 12.1 Å². The molecule has 2 atom stereocenters. The zero-order chi connectivity index (χ0) is 26.1. The summed E-state index contributed by atoms with van der Waals surface area (Å²) in [5.74, 6) is -6.68. The van der Waals surface area contributed by atoms with Crippen molar-refractivity contribution in [3.63, 3.8) is 0 Å². The van der Waals surface area contributed by atoms with Crippen LogP contribution in [0.2, 0.25) is 5.02 Å². The van der Waals surface area contributed by atoms with E-state index in [1.165, 1.54) is 27.0 Å². The lowest BCUT2D eigenvalue weighted by Crippen LogP contribution is -2.65. The van der Waals surface area contributed by atoms with Gasteiger partial charge in [-0.15, -0.1) is 0 Å². The van der Waals surface area contributed by atoms with Crippen LogP contribution in [0.1, 0.15) is 43.3 Å². The fourth-order valence-electron chi connectivity index (χ4n) is 4.86. The number of benzene rings is 2. The number of aromatic nitrogens is 2. The van der Waals surface area contributed by atoms with Crippen LogP contribution < -0.4 is 5.32 Å². The summed E-state index contributed by atoms with van der Waals surface area (Å²) in [5, 5.41) is 24.3. The van der Waals surface area contributed by atoms with Gasteiger partial charge in [0.1, 0.15) is 17.4 Å². The number of aliphatic hydroxyl groups is 1. The van der Waals surface area contributed by atoms with Gasteiger partial charge in [0.2, 0.25) is 0 Å². The maximum absolute atomic E-state index is 15.0. The number of fused-ring (bicyclic) bond motifs is 2. The first-order valence-corrected chi connectivity index (χ1v) is 10.8. The molecule has 0 amide bonds. The fraction of sp³-hybridized carbons (Fsp3) is 0.391. The van der Waals surface area contributed by atoms with Gasteiger partial charge < -0.3 is 15.5 Å². The number of phenolic OH excluding ortho intramolecular Hbond substituents is 1. The molecule has 3 aromatic rings. The van der Waals surface area contributed by atoms with Crippen LogP contribution >= 0.6 is 11.6 Å². The molecule has 0 saturated heterocycles. The van der Waals surface area contributed by atoms with Gasteiger partial charge in [-0.05, 0) is 36.5 Å². The zero-order valence-electron chi connectivity index (χ0n) is 18.6. The minimum absolute atomic E-state index is 0.0158. The molecule has 5 nitrogen and oxygen atoms in total. The van der Waals surface area contributed by atoms with Gasteiger partial charge in [0.15, 0.2) is 5.60 Å². The molecule has 0 saturated carbocycles. The summed E-state index contributed by atoms with van der Waals surface area (Å²) in [6, 6.07) is 2.05. The summed E-state index contributed by atoms with van der Waals surface area (Å²) in [4.78, 5) is 8.06. The van der Waals surface area contributed by atoms with Crippen LogP contribution in [0.25, 0.3) is 10.9 Å². The van der Waals surface area contributed by atoms with E-state index in [4.69, 9.17) is 11.6 Å². The van der Waals surface area contributed by atoms with Crippen molar-refractivity contribution in [3.8, 4) is 5.75 Å². The second-order valence-corrected chi connectivity index (χ2v) is 9.71. The number of hydrogen-bond acceptors (Lipinski definition) is 5. The number of phenols is 1. The van der Waals surface area contributed by atoms with Crippen molar-refractivity contribution >= 4 is 28.2 Å². The Balaban J connectivity index is 2.02. The van der Waals surface area contributed by atoms with Crippen molar-refractivity contribution in [1.82, 2.24) is 9.97 Å². The molecule has 0 aliphatic heterocycles. The summed E-state index contributed by atoms with van der Waals surface area (Å²) in [7, 11) is 0. The smallest absolute Gasteiger partial charge is 0.456 e. The van der Waals surface area contributed by atoms with Crippen molar-refractivity contribution in [2.24, 2.45) is 0 Å². The Labute approximate surface area is 200 Å². The zero-order valence-corrected chi connectivity index (χ0v) is 19.4. The number of rotatable bonds is 3. The Morgan fingerprint density at radius 2 is 1.80 bits per heavy atom. The maximum atomic E-state index is 15.0. The van der Waals surface area contributed by atoms with E-state index < -0.39 is 47.1 Å². The van der Waals surface area contributed by atoms with Gasteiger partial charge in [-0.2, -0.15) is 22.0 Å². The van der Waals surface area contributed by atoms with E-state index in [9.17, 15) is 27.8 Å². The van der Waals surface area contributed by atoms with Gasteiger partial charge in [-0.1, -0.05) is 31.5 Å². The molecular formula is C23H20ClF6N3O2. The largest absolute Gasteiger partial charge is 0.506 e. The average molecular weight is 520 g/mol. The Bertz CT molecular complexity index is 1330. The van der Waals surface area contributed by atoms with E-state index >= 15 is 8.78 Å². The van der Waals surface area contributed by atoms with Crippen molar-refractivity contribution in [3.05, 3.63) is 58.3 Å². The summed E-state index contributed by atoms with van der Waals surface area (Å²) in [6.45, 7) is 4.15. The molecular weight excluding hydrogens is 500 g/mol. The number of aryl methyl sites for hydroxylation is 1. The third-order valence-electron chi connectivity index (χ3n) is 6.32. The molecule has 2 aromatic carbocycles. The van der Waals surface area contributed by atoms with Crippen molar-refractivity contribution in [1.29, 1.82) is 0 Å². The molecule has 188 valence electrons.